The fourth-order valence-corrected chi connectivity index (χ4v) is 3.64. The predicted octanol–water partition coefficient (Wildman–Crippen LogP) is 2.21. The number of carbonyl (C=O) groups excluding carboxylic acids is 1. The highest BCUT2D eigenvalue weighted by molar-refractivity contribution is 5.77. The lowest BCUT2D eigenvalue weighted by atomic mass is 9.84. The number of rotatable bonds is 3. The lowest BCUT2D eigenvalue weighted by Crippen LogP contribution is -2.42. The lowest BCUT2D eigenvalue weighted by molar-refractivity contribution is -0.141. The Labute approximate surface area is 138 Å². The van der Waals surface area contributed by atoms with Gasteiger partial charge in [0, 0.05) is 31.6 Å². The minimum Gasteiger partial charge on any atom is -0.377 e. The van der Waals surface area contributed by atoms with Crippen LogP contribution in [0, 0.1) is 11.8 Å². The molecule has 2 aliphatic rings. The topological polar surface area (TPSA) is 68.5 Å². The third-order valence-corrected chi connectivity index (χ3v) is 4.90. The van der Waals surface area contributed by atoms with E-state index in [0.29, 0.717) is 31.8 Å². The number of anilines is 1. The van der Waals surface area contributed by atoms with Crippen LogP contribution in [-0.2, 0) is 15.7 Å². The summed E-state index contributed by atoms with van der Waals surface area (Å²) in [7, 11) is 0. The summed E-state index contributed by atoms with van der Waals surface area (Å²) in [6, 6.07) is 2.67. The quantitative estimate of drug-likeness (QED) is 0.914. The van der Waals surface area contributed by atoms with Crippen molar-refractivity contribution in [2.24, 2.45) is 17.6 Å². The number of pyridine rings is 1. The Hall–Kier alpha value is -1.83. The first-order valence-corrected chi connectivity index (χ1v) is 8.05. The van der Waals surface area contributed by atoms with Crippen LogP contribution < -0.4 is 10.6 Å². The molecule has 2 fully saturated rings. The molecule has 0 aromatic carbocycles. The Bertz CT molecular complexity index is 600. The minimum absolute atomic E-state index is 0.159. The van der Waals surface area contributed by atoms with E-state index in [2.05, 4.69) is 4.98 Å². The summed E-state index contributed by atoms with van der Waals surface area (Å²) in [5, 5.41) is 0. The molecule has 2 N–H and O–H groups in total. The standard InChI is InChI=1S/C16H20F3N3O2/c17-16(18,19)13-9-11(1-5-21-13)22-6-2-10(3-7-22)14-12(15(20)23)4-8-24-14/h1,5,9-10,12,14H,2-4,6-8H2,(H2,20,23)/t12-,14+/m0/s1. The van der Waals surface area contributed by atoms with E-state index < -0.39 is 11.9 Å². The molecule has 3 rings (SSSR count). The normalized spacial score (nSPS) is 25.9. The molecule has 2 aliphatic heterocycles. The Morgan fingerprint density at radius 1 is 1.29 bits per heavy atom. The molecule has 0 bridgehead atoms. The number of piperidine rings is 1. The first kappa shape index (κ1) is 17.0. The first-order valence-electron chi connectivity index (χ1n) is 8.05. The van der Waals surface area contributed by atoms with Crippen molar-refractivity contribution >= 4 is 11.6 Å². The van der Waals surface area contributed by atoms with Gasteiger partial charge in [-0.25, -0.2) is 0 Å². The van der Waals surface area contributed by atoms with Gasteiger partial charge in [0.05, 0.1) is 12.0 Å². The number of hydrogen-bond acceptors (Lipinski definition) is 4. The highest BCUT2D eigenvalue weighted by Crippen LogP contribution is 2.35. The molecule has 1 aromatic rings. The van der Waals surface area contributed by atoms with Crippen LogP contribution in [0.1, 0.15) is 25.0 Å². The molecule has 0 spiro atoms. The van der Waals surface area contributed by atoms with Crippen molar-refractivity contribution in [3.8, 4) is 0 Å². The third kappa shape index (κ3) is 3.48. The summed E-state index contributed by atoms with van der Waals surface area (Å²) in [4.78, 5) is 16.8. The zero-order valence-electron chi connectivity index (χ0n) is 13.1. The summed E-state index contributed by atoms with van der Waals surface area (Å²) in [6.45, 7) is 1.78. The van der Waals surface area contributed by atoms with E-state index in [1.54, 1.807) is 6.07 Å². The van der Waals surface area contributed by atoms with Gasteiger partial charge in [0.2, 0.25) is 5.91 Å². The Morgan fingerprint density at radius 2 is 2.00 bits per heavy atom. The maximum Gasteiger partial charge on any atom is 0.433 e. The van der Waals surface area contributed by atoms with Gasteiger partial charge in [-0.15, -0.1) is 0 Å². The van der Waals surface area contributed by atoms with Crippen LogP contribution in [0.3, 0.4) is 0 Å². The van der Waals surface area contributed by atoms with Gasteiger partial charge >= 0.3 is 6.18 Å². The molecule has 2 saturated heterocycles. The molecule has 1 amide bonds. The van der Waals surface area contributed by atoms with Gasteiger partial charge in [0.1, 0.15) is 5.69 Å². The largest absolute Gasteiger partial charge is 0.433 e. The maximum absolute atomic E-state index is 12.8. The van der Waals surface area contributed by atoms with E-state index >= 15 is 0 Å². The molecule has 3 heterocycles. The van der Waals surface area contributed by atoms with Crippen LogP contribution >= 0.6 is 0 Å². The van der Waals surface area contributed by atoms with Gasteiger partial charge in [-0.1, -0.05) is 0 Å². The summed E-state index contributed by atoms with van der Waals surface area (Å²) < 4.78 is 44.0. The summed E-state index contributed by atoms with van der Waals surface area (Å²) in [5.74, 6) is -0.367. The van der Waals surface area contributed by atoms with Crippen molar-refractivity contribution in [3.05, 3.63) is 24.0 Å². The number of ether oxygens (including phenoxy) is 1. The number of alkyl halides is 3. The van der Waals surface area contributed by atoms with Gasteiger partial charge in [0.25, 0.3) is 0 Å². The van der Waals surface area contributed by atoms with Crippen molar-refractivity contribution in [1.82, 2.24) is 4.98 Å². The van der Waals surface area contributed by atoms with Crippen LogP contribution in [0.2, 0.25) is 0 Å². The minimum atomic E-state index is -4.44. The van der Waals surface area contributed by atoms with Crippen molar-refractivity contribution < 1.29 is 22.7 Å². The Kier molecular flexibility index (Phi) is 4.67. The van der Waals surface area contributed by atoms with E-state index in [1.807, 2.05) is 4.90 Å². The molecule has 2 atom stereocenters. The molecule has 0 aliphatic carbocycles. The molecule has 0 saturated carbocycles. The first-order chi connectivity index (χ1) is 11.4. The zero-order valence-corrected chi connectivity index (χ0v) is 13.1. The third-order valence-electron chi connectivity index (χ3n) is 4.90. The molecule has 8 heteroatoms. The van der Waals surface area contributed by atoms with E-state index in [-0.39, 0.29) is 23.8 Å². The zero-order chi connectivity index (χ0) is 17.3. The average Bonchev–Trinajstić information content (AvgIpc) is 3.04. The second-order valence-electron chi connectivity index (χ2n) is 6.35. The predicted molar refractivity (Wildman–Crippen MR) is 81.2 cm³/mol. The lowest BCUT2D eigenvalue weighted by Gasteiger charge is -2.37. The molecule has 24 heavy (non-hydrogen) atoms. The number of halogens is 3. The second kappa shape index (κ2) is 6.58. The fourth-order valence-electron chi connectivity index (χ4n) is 3.64. The number of nitrogens with two attached hydrogens (primary N) is 1. The number of primary amides is 1. The van der Waals surface area contributed by atoms with Crippen LogP contribution in [0.25, 0.3) is 0 Å². The second-order valence-corrected chi connectivity index (χ2v) is 6.35. The van der Waals surface area contributed by atoms with Crippen LogP contribution in [0.5, 0.6) is 0 Å². The van der Waals surface area contributed by atoms with Crippen molar-refractivity contribution in [2.75, 3.05) is 24.6 Å². The fraction of sp³-hybridized carbons (Fsp3) is 0.625. The van der Waals surface area contributed by atoms with Crippen LogP contribution in [0.4, 0.5) is 18.9 Å². The Morgan fingerprint density at radius 3 is 2.62 bits per heavy atom. The van der Waals surface area contributed by atoms with Gasteiger partial charge < -0.3 is 15.4 Å². The number of nitrogens with zero attached hydrogens (tertiary/aromatic N) is 2. The summed E-state index contributed by atoms with van der Waals surface area (Å²) >= 11 is 0. The monoisotopic (exact) mass is 343 g/mol. The molecule has 1 aromatic heterocycles. The molecular formula is C16H20F3N3O2. The van der Waals surface area contributed by atoms with E-state index in [1.165, 1.54) is 6.20 Å². The van der Waals surface area contributed by atoms with E-state index in [0.717, 1.165) is 18.9 Å². The number of carbonyl (C=O) groups is 1. The van der Waals surface area contributed by atoms with Crippen LogP contribution in [0.15, 0.2) is 18.3 Å². The average molecular weight is 343 g/mol. The van der Waals surface area contributed by atoms with Crippen molar-refractivity contribution in [2.45, 2.75) is 31.5 Å². The summed E-state index contributed by atoms with van der Waals surface area (Å²) in [5.41, 5.74) is 5.07. The highest BCUT2D eigenvalue weighted by Gasteiger charge is 2.39. The van der Waals surface area contributed by atoms with E-state index in [9.17, 15) is 18.0 Å². The van der Waals surface area contributed by atoms with Gasteiger partial charge in [0.15, 0.2) is 0 Å². The number of aromatic nitrogens is 1. The smallest absolute Gasteiger partial charge is 0.377 e. The number of hydrogen-bond donors (Lipinski definition) is 1. The SMILES string of the molecule is NC(=O)[C@H]1CCO[C@@H]1C1CCN(c2ccnc(C(F)(F)F)c2)CC1. The highest BCUT2D eigenvalue weighted by atomic mass is 19.4. The Balaban J connectivity index is 1.64. The molecule has 0 radical (unpaired) electrons. The maximum atomic E-state index is 12.8. The van der Waals surface area contributed by atoms with Crippen molar-refractivity contribution in [1.29, 1.82) is 0 Å². The number of amides is 1. The van der Waals surface area contributed by atoms with Gasteiger partial charge in [-0.05, 0) is 37.3 Å². The molecule has 132 valence electrons. The van der Waals surface area contributed by atoms with Crippen LogP contribution in [-0.4, -0.2) is 36.7 Å². The van der Waals surface area contributed by atoms with E-state index in [4.69, 9.17) is 10.5 Å². The van der Waals surface area contributed by atoms with Gasteiger partial charge in [-0.3, -0.25) is 9.78 Å². The van der Waals surface area contributed by atoms with Gasteiger partial charge in [-0.2, -0.15) is 13.2 Å². The summed E-state index contributed by atoms with van der Waals surface area (Å²) in [6.07, 6.45) is -1.24. The molecule has 0 unspecified atom stereocenters. The van der Waals surface area contributed by atoms with Crippen molar-refractivity contribution in [3.63, 3.8) is 0 Å². The molecule has 5 nitrogen and oxygen atoms in total. The molecular weight excluding hydrogens is 323 g/mol.